The number of anilines is 1. The van der Waals surface area contributed by atoms with Crippen molar-refractivity contribution in [3.05, 3.63) is 107 Å². The van der Waals surface area contributed by atoms with Crippen LogP contribution < -0.4 is 10.0 Å². The van der Waals surface area contributed by atoms with E-state index in [4.69, 9.17) is 0 Å². The Morgan fingerprint density at radius 2 is 1.68 bits per heavy atom. The third kappa shape index (κ3) is 5.75. The van der Waals surface area contributed by atoms with E-state index in [1.54, 1.807) is 0 Å². The molecule has 41 heavy (non-hydrogen) atoms. The first kappa shape index (κ1) is 28.9. The summed E-state index contributed by atoms with van der Waals surface area (Å²) < 4.78 is 2.44. The fourth-order valence-corrected chi connectivity index (χ4v) is 6.92. The van der Waals surface area contributed by atoms with E-state index < -0.39 is 5.97 Å². The molecule has 4 heteroatoms. The van der Waals surface area contributed by atoms with Gasteiger partial charge in [-0.3, -0.25) is 0 Å². The number of aliphatic carboxylic acids is 1. The molecule has 1 aliphatic carbocycles. The van der Waals surface area contributed by atoms with Crippen LogP contribution in [0.3, 0.4) is 0 Å². The summed E-state index contributed by atoms with van der Waals surface area (Å²) in [5, 5.41) is 10.8. The molecule has 0 fully saturated rings. The highest BCUT2D eigenvalue weighted by molar-refractivity contribution is 6.03. The molecule has 5 rings (SSSR count). The van der Waals surface area contributed by atoms with Gasteiger partial charge in [0.2, 0.25) is 5.69 Å². The van der Waals surface area contributed by atoms with Crippen LogP contribution in [0.5, 0.6) is 0 Å². The van der Waals surface area contributed by atoms with Gasteiger partial charge in [-0.25, -0.2) is 0 Å². The number of unbranched alkanes of at least 4 members (excludes halogenated alkanes) is 2. The average molecular weight is 549 g/mol. The number of fused-ring (bicyclic) bond motifs is 2. The molecule has 0 amide bonds. The van der Waals surface area contributed by atoms with Crippen LogP contribution in [0.4, 0.5) is 11.4 Å². The summed E-state index contributed by atoms with van der Waals surface area (Å²) in [6, 6.07) is 17.4. The van der Waals surface area contributed by atoms with Crippen LogP contribution in [0.15, 0.2) is 95.8 Å². The van der Waals surface area contributed by atoms with Crippen molar-refractivity contribution in [2.75, 3.05) is 18.5 Å². The SMILES string of the molecule is CN1C(=CC2=CC(=CC=CC3=[N+](CCCCCC(=O)[O-])c4ccccc4C3(C)C)CCC2)C(C)(C)c2ccccc21. The normalized spacial score (nSPS) is 21.1. The van der Waals surface area contributed by atoms with E-state index in [1.165, 1.54) is 45.1 Å². The fourth-order valence-electron chi connectivity index (χ4n) is 6.92. The summed E-state index contributed by atoms with van der Waals surface area (Å²) in [4.78, 5) is 13.2. The quantitative estimate of drug-likeness (QED) is 0.244. The smallest absolute Gasteiger partial charge is 0.209 e. The topological polar surface area (TPSA) is 46.4 Å². The molecule has 4 nitrogen and oxygen atoms in total. The number of allylic oxidation sites excluding steroid dienone is 8. The van der Waals surface area contributed by atoms with Gasteiger partial charge in [0.1, 0.15) is 6.54 Å². The van der Waals surface area contributed by atoms with Gasteiger partial charge in [-0.15, -0.1) is 0 Å². The van der Waals surface area contributed by atoms with Gasteiger partial charge in [0.15, 0.2) is 5.71 Å². The number of carboxylic acid groups (broad SMARTS) is 1. The summed E-state index contributed by atoms with van der Waals surface area (Å²) in [7, 11) is 2.19. The number of hydrogen-bond donors (Lipinski definition) is 0. The molecule has 0 unspecified atom stereocenters. The molecule has 0 spiro atoms. The summed E-state index contributed by atoms with van der Waals surface area (Å²) in [6.45, 7) is 10.2. The van der Waals surface area contributed by atoms with Gasteiger partial charge in [-0.2, -0.15) is 4.58 Å². The molecule has 2 aromatic carbocycles. The Kier molecular flexibility index (Phi) is 8.22. The maximum Gasteiger partial charge on any atom is 0.209 e. The molecule has 2 aromatic rings. The van der Waals surface area contributed by atoms with Crippen molar-refractivity contribution in [2.45, 2.75) is 83.5 Å². The molecule has 214 valence electrons. The van der Waals surface area contributed by atoms with Crippen LogP contribution in [0.2, 0.25) is 0 Å². The first-order valence-electron chi connectivity index (χ1n) is 15.2. The van der Waals surface area contributed by atoms with E-state index in [9.17, 15) is 9.90 Å². The fraction of sp³-hybridized carbons (Fsp3) is 0.405. The first-order valence-corrected chi connectivity index (χ1v) is 15.2. The number of carboxylic acids is 1. The zero-order valence-electron chi connectivity index (χ0n) is 25.4. The van der Waals surface area contributed by atoms with E-state index in [0.29, 0.717) is 6.42 Å². The van der Waals surface area contributed by atoms with Crippen molar-refractivity contribution >= 4 is 23.1 Å². The zero-order valence-corrected chi connectivity index (χ0v) is 25.4. The number of nitrogens with zero attached hydrogens (tertiary/aromatic N) is 2. The number of benzene rings is 2. The average Bonchev–Trinajstić information content (AvgIpc) is 3.28. The standard InChI is InChI=1S/C37H44N2O2/c1-36(2)30-19-9-11-21-32(30)39(24-12-6-7-23-35(40)41)33(36)22-14-16-27-15-13-17-28(25-27)26-34-37(3,4)29-18-8-10-20-31(29)38(34)5/h8-11,14,16,18-22,25-26H,6-7,12-13,15,17,23-24H2,1-5H3. The van der Waals surface area contributed by atoms with Gasteiger partial charge in [0, 0.05) is 53.9 Å². The third-order valence-corrected chi connectivity index (χ3v) is 9.19. The zero-order chi connectivity index (χ0) is 29.2. The monoisotopic (exact) mass is 548 g/mol. The minimum atomic E-state index is -0.957. The largest absolute Gasteiger partial charge is 0.550 e. The Morgan fingerprint density at radius 1 is 0.951 bits per heavy atom. The van der Waals surface area contributed by atoms with Crippen LogP contribution >= 0.6 is 0 Å². The molecule has 0 N–H and O–H groups in total. The molecule has 3 aliphatic rings. The van der Waals surface area contributed by atoms with Crippen molar-refractivity contribution in [1.82, 2.24) is 0 Å². The van der Waals surface area contributed by atoms with E-state index in [1.807, 2.05) is 0 Å². The highest BCUT2D eigenvalue weighted by Crippen LogP contribution is 2.47. The number of likely N-dealkylation sites (N-methyl/N-ethyl adjacent to an activating group) is 1. The number of carbonyl (C=O) groups is 1. The van der Waals surface area contributed by atoms with Crippen molar-refractivity contribution in [2.24, 2.45) is 0 Å². The first-order chi connectivity index (χ1) is 19.6. The van der Waals surface area contributed by atoms with E-state index in [0.717, 1.165) is 38.6 Å². The predicted octanol–water partition coefficient (Wildman–Crippen LogP) is 7.28. The van der Waals surface area contributed by atoms with Crippen LogP contribution in [-0.4, -0.2) is 29.8 Å². The summed E-state index contributed by atoms with van der Waals surface area (Å²) in [6.07, 6.45) is 17.6. The van der Waals surface area contributed by atoms with Crippen LogP contribution in [0, 0.1) is 0 Å². The van der Waals surface area contributed by atoms with Gasteiger partial charge >= 0.3 is 0 Å². The van der Waals surface area contributed by atoms with Crippen LogP contribution in [0.25, 0.3) is 0 Å². The van der Waals surface area contributed by atoms with Crippen LogP contribution in [0.1, 0.15) is 83.8 Å². The van der Waals surface area contributed by atoms with Gasteiger partial charge in [-0.1, -0.05) is 68.5 Å². The third-order valence-electron chi connectivity index (χ3n) is 9.19. The Balaban J connectivity index is 1.38. The Bertz CT molecular complexity index is 1480. The molecule has 2 aliphatic heterocycles. The maximum absolute atomic E-state index is 10.8. The molecule has 0 saturated heterocycles. The van der Waals surface area contributed by atoms with Gasteiger partial charge in [-0.05, 0) is 81.2 Å². The van der Waals surface area contributed by atoms with Gasteiger partial charge < -0.3 is 14.8 Å². The second-order valence-corrected chi connectivity index (χ2v) is 12.8. The van der Waals surface area contributed by atoms with E-state index in [-0.39, 0.29) is 17.3 Å². The second-order valence-electron chi connectivity index (χ2n) is 12.8. The molecular formula is C37H44N2O2. The minimum absolute atomic E-state index is 0.0128. The second kappa shape index (κ2) is 11.7. The van der Waals surface area contributed by atoms with Crippen molar-refractivity contribution in [3.63, 3.8) is 0 Å². The van der Waals surface area contributed by atoms with Gasteiger partial charge in [0.25, 0.3) is 0 Å². The Morgan fingerprint density at radius 3 is 2.44 bits per heavy atom. The lowest BCUT2D eigenvalue weighted by Crippen LogP contribution is -2.28. The number of rotatable bonds is 9. The van der Waals surface area contributed by atoms with Crippen molar-refractivity contribution in [3.8, 4) is 0 Å². The Labute approximate surface area is 246 Å². The lowest BCUT2D eigenvalue weighted by atomic mass is 9.81. The van der Waals surface area contributed by atoms with Crippen LogP contribution in [-0.2, 0) is 15.6 Å². The van der Waals surface area contributed by atoms with E-state index >= 15 is 0 Å². The molecular weight excluding hydrogens is 504 g/mol. The van der Waals surface area contributed by atoms with E-state index in [2.05, 4.69) is 123 Å². The predicted molar refractivity (Wildman–Crippen MR) is 168 cm³/mol. The number of para-hydroxylation sites is 2. The number of carbonyl (C=O) groups excluding carboxylic acids is 1. The maximum atomic E-state index is 10.8. The molecule has 0 radical (unpaired) electrons. The highest BCUT2D eigenvalue weighted by Gasteiger charge is 2.43. The summed E-state index contributed by atoms with van der Waals surface area (Å²) in [5.74, 6) is -0.957. The summed E-state index contributed by atoms with van der Waals surface area (Å²) in [5.41, 5.74) is 10.6. The molecule has 0 aromatic heterocycles. The summed E-state index contributed by atoms with van der Waals surface area (Å²) >= 11 is 0. The molecule has 0 saturated carbocycles. The molecule has 0 atom stereocenters. The number of hydrogen-bond acceptors (Lipinski definition) is 3. The minimum Gasteiger partial charge on any atom is -0.550 e. The Hall–Kier alpha value is -3.66. The van der Waals surface area contributed by atoms with Gasteiger partial charge in [0.05, 0.1) is 5.41 Å². The molecule has 2 heterocycles. The molecule has 0 bridgehead atoms. The lowest BCUT2D eigenvalue weighted by Gasteiger charge is -2.25. The lowest BCUT2D eigenvalue weighted by molar-refractivity contribution is -0.438. The van der Waals surface area contributed by atoms with Crippen molar-refractivity contribution < 1.29 is 14.5 Å². The van der Waals surface area contributed by atoms with Crippen molar-refractivity contribution in [1.29, 1.82) is 0 Å². The highest BCUT2D eigenvalue weighted by atomic mass is 16.4.